The van der Waals surface area contributed by atoms with Crippen LogP contribution in [0.15, 0.2) is 52.9 Å². The average Bonchev–Trinajstić information content (AvgIpc) is 3.21. The number of furan rings is 1. The molecule has 130 valence electrons. The van der Waals surface area contributed by atoms with Crippen molar-refractivity contribution in [1.29, 1.82) is 0 Å². The highest BCUT2D eigenvalue weighted by Gasteiger charge is 2.22. The maximum absolute atomic E-state index is 10.5. The molecular formula is C20H23N3O2. The second-order valence-corrected chi connectivity index (χ2v) is 6.71. The van der Waals surface area contributed by atoms with Crippen molar-refractivity contribution in [3.05, 3.63) is 77.0 Å². The van der Waals surface area contributed by atoms with Gasteiger partial charge >= 0.3 is 0 Å². The van der Waals surface area contributed by atoms with Crippen LogP contribution < -0.4 is 0 Å². The second-order valence-electron chi connectivity index (χ2n) is 6.71. The zero-order valence-electron chi connectivity index (χ0n) is 14.4. The van der Waals surface area contributed by atoms with Crippen molar-refractivity contribution in [2.45, 2.75) is 39.1 Å². The molecule has 0 fully saturated rings. The van der Waals surface area contributed by atoms with Crippen molar-refractivity contribution in [3.8, 4) is 0 Å². The normalized spacial score (nSPS) is 15.9. The second kappa shape index (κ2) is 6.86. The summed E-state index contributed by atoms with van der Waals surface area (Å²) in [4.78, 5) is 2.35. The first-order valence-corrected chi connectivity index (χ1v) is 8.73. The molecule has 1 aliphatic heterocycles. The smallest absolute Gasteiger partial charge is 0.118 e. The number of hydrogen-bond acceptors (Lipinski definition) is 4. The summed E-state index contributed by atoms with van der Waals surface area (Å²) in [5, 5.41) is 15.1. The van der Waals surface area contributed by atoms with Gasteiger partial charge < -0.3 is 9.52 Å². The predicted octanol–water partition coefficient (Wildman–Crippen LogP) is 3.08. The molecule has 5 nitrogen and oxygen atoms in total. The van der Waals surface area contributed by atoms with Crippen molar-refractivity contribution < 1.29 is 9.52 Å². The van der Waals surface area contributed by atoms with Gasteiger partial charge in [-0.25, -0.2) is 0 Å². The molecule has 0 radical (unpaired) electrons. The molecule has 1 N–H and O–H groups in total. The van der Waals surface area contributed by atoms with Crippen molar-refractivity contribution >= 4 is 0 Å². The lowest BCUT2D eigenvalue weighted by Crippen LogP contribution is -2.33. The molecular weight excluding hydrogens is 314 g/mol. The summed E-state index contributed by atoms with van der Waals surface area (Å²) in [7, 11) is 0. The number of aliphatic hydroxyl groups excluding tert-OH is 1. The van der Waals surface area contributed by atoms with E-state index in [1.165, 1.54) is 0 Å². The Hall–Kier alpha value is -2.37. The van der Waals surface area contributed by atoms with Crippen molar-refractivity contribution in [2.24, 2.45) is 0 Å². The molecule has 0 unspecified atom stereocenters. The van der Waals surface area contributed by atoms with Crippen molar-refractivity contribution in [1.82, 2.24) is 14.7 Å². The van der Waals surface area contributed by atoms with Gasteiger partial charge in [-0.2, -0.15) is 5.10 Å². The van der Waals surface area contributed by atoms with E-state index in [-0.39, 0.29) is 0 Å². The molecule has 25 heavy (non-hydrogen) atoms. The summed E-state index contributed by atoms with van der Waals surface area (Å²) >= 11 is 0. The Morgan fingerprint density at radius 1 is 1.16 bits per heavy atom. The lowest BCUT2D eigenvalue weighted by atomic mass is 10.1. The van der Waals surface area contributed by atoms with Crippen LogP contribution in [0.4, 0.5) is 0 Å². The Bertz CT molecular complexity index is 838. The first-order chi connectivity index (χ1) is 12.2. The van der Waals surface area contributed by atoms with Crippen LogP contribution in [0, 0.1) is 6.92 Å². The number of nitrogens with zero attached hydrogens (tertiary/aromatic N) is 3. The molecule has 1 aromatic carbocycles. The number of hydrogen-bond donors (Lipinski definition) is 1. The number of benzene rings is 1. The van der Waals surface area contributed by atoms with Gasteiger partial charge in [0.2, 0.25) is 0 Å². The van der Waals surface area contributed by atoms with Gasteiger partial charge in [0.1, 0.15) is 17.6 Å². The molecule has 4 rings (SSSR count). The van der Waals surface area contributed by atoms with E-state index in [1.54, 1.807) is 0 Å². The first kappa shape index (κ1) is 16.1. The van der Waals surface area contributed by atoms with Crippen LogP contribution in [0.5, 0.6) is 0 Å². The van der Waals surface area contributed by atoms with Gasteiger partial charge in [-0.3, -0.25) is 9.58 Å². The van der Waals surface area contributed by atoms with Gasteiger partial charge in [0.25, 0.3) is 0 Å². The topological polar surface area (TPSA) is 54.4 Å². The highest BCUT2D eigenvalue weighted by molar-refractivity contribution is 5.20. The van der Waals surface area contributed by atoms with Gasteiger partial charge in [0.15, 0.2) is 0 Å². The zero-order valence-corrected chi connectivity index (χ0v) is 14.4. The quantitative estimate of drug-likeness (QED) is 0.777. The molecule has 0 aliphatic carbocycles. The summed E-state index contributed by atoms with van der Waals surface area (Å²) in [5.41, 5.74) is 3.03. The van der Waals surface area contributed by atoms with E-state index >= 15 is 0 Å². The Kier molecular flexibility index (Phi) is 4.42. The standard InChI is InChI=1S/C20H23N3O2/c1-15-7-8-18(25-15)14-22-9-10-23-17(13-22)12-19(21-23)20(24)11-16-5-3-2-4-6-16/h2-8,12,20,24H,9-11,13-14H2,1H3/t20-/m0/s1. The fourth-order valence-electron chi connectivity index (χ4n) is 3.37. The van der Waals surface area contributed by atoms with Gasteiger partial charge in [0, 0.05) is 19.5 Å². The van der Waals surface area contributed by atoms with Crippen LogP contribution in [0.1, 0.15) is 34.6 Å². The Morgan fingerprint density at radius 3 is 2.76 bits per heavy atom. The third-order valence-corrected chi connectivity index (χ3v) is 4.68. The number of rotatable bonds is 5. The molecule has 0 saturated heterocycles. The van der Waals surface area contributed by atoms with Crippen molar-refractivity contribution in [2.75, 3.05) is 6.54 Å². The van der Waals surface area contributed by atoms with E-state index in [1.807, 2.05) is 60.1 Å². The number of aromatic nitrogens is 2. The Morgan fingerprint density at radius 2 is 2.00 bits per heavy atom. The SMILES string of the molecule is Cc1ccc(CN2CCn3nc([C@@H](O)Cc4ccccc4)cc3C2)o1. The number of aryl methyl sites for hydroxylation is 1. The van der Waals surface area contributed by atoms with Gasteiger partial charge in [0.05, 0.1) is 24.5 Å². The lowest BCUT2D eigenvalue weighted by Gasteiger charge is -2.26. The van der Waals surface area contributed by atoms with Crippen LogP contribution >= 0.6 is 0 Å². The molecule has 0 saturated carbocycles. The Balaban J connectivity index is 1.43. The summed E-state index contributed by atoms with van der Waals surface area (Å²) in [6.45, 7) is 5.37. The summed E-state index contributed by atoms with van der Waals surface area (Å²) in [6.07, 6.45) is 0.0221. The summed E-state index contributed by atoms with van der Waals surface area (Å²) in [5.74, 6) is 1.94. The molecule has 2 aromatic heterocycles. The minimum Gasteiger partial charge on any atom is -0.465 e. The molecule has 0 spiro atoms. The fraction of sp³-hybridized carbons (Fsp3) is 0.350. The molecule has 3 aromatic rings. The lowest BCUT2D eigenvalue weighted by molar-refractivity contribution is 0.170. The fourth-order valence-corrected chi connectivity index (χ4v) is 3.37. The molecule has 1 atom stereocenters. The van der Waals surface area contributed by atoms with E-state index in [4.69, 9.17) is 4.42 Å². The van der Waals surface area contributed by atoms with Gasteiger partial charge in [-0.05, 0) is 30.7 Å². The van der Waals surface area contributed by atoms with E-state index in [0.717, 1.165) is 54.7 Å². The van der Waals surface area contributed by atoms with Crippen molar-refractivity contribution in [3.63, 3.8) is 0 Å². The van der Waals surface area contributed by atoms with E-state index < -0.39 is 6.10 Å². The number of fused-ring (bicyclic) bond motifs is 1. The highest BCUT2D eigenvalue weighted by Crippen LogP contribution is 2.22. The molecule has 1 aliphatic rings. The third kappa shape index (κ3) is 3.67. The van der Waals surface area contributed by atoms with E-state index in [0.29, 0.717) is 6.42 Å². The third-order valence-electron chi connectivity index (χ3n) is 4.68. The summed E-state index contributed by atoms with van der Waals surface area (Å²) in [6, 6.07) is 16.1. The largest absolute Gasteiger partial charge is 0.465 e. The van der Waals surface area contributed by atoms with E-state index in [9.17, 15) is 5.11 Å². The van der Waals surface area contributed by atoms with Crippen LogP contribution in [-0.2, 0) is 26.1 Å². The van der Waals surface area contributed by atoms with Gasteiger partial charge in [-0.1, -0.05) is 30.3 Å². The van der Waals surface area contributed by atoms with Gasteiger partial charge in [-0.15, -0.1) is 0 Å². The van der Waals surface area contributed by atoms with Crippen LogP contribution in [0.25, 0.3) is 0 Å². The monoisotopic (exact) mass is 337 g/mol. The number of aliphatic hydroxyl groups is 1. The Labute approximate surface area is 147 Å². The molecule has 3 heterocycles. The maximum Gasteiger partial charge on any atom is 0.118 e. The van der Waals surface area contributed by atoms with Crippen LogP contribution in [0.3, 0.4) is 0 Å². The van der Waals surface area contributed by atoms with Crippen LogP contribution in [0.2, 0.25) is 0 Å². The minimum atomic E-state index is -0.568. The average molecular weight is 337 g/mol. The molecule has 0 amide bonds. The summed E-state index contributed by atoms with van der Waals surface area (Å²) < 4.78 is 7.70. The van der Waals surface area contributed by atoms with Crippen LogP contribution in [-0.4, -0.2) is 26.3 Å². The zero-order chi connectivity index (χ0) is 17.2. The molecule has 5 heteroatoms. The first-order valence-electron chi connectivity index (χ1n) is 8.73. The molecule has 0 bridgehead atoms. The predicted molar refractivity (Wildman–Crippen MR) is 94.9 cm³/mol. The minimum absolute atomic E-state index is 0.568. The van der Waals surface area contributed by atoms with E-state index in [2.05, 4.69) is 10.00 Å². The highest BCUT2D eigenvalue weighted by atomic mass is 16.3. The maximum atomic E-state index is 10.5.